The van der Waals surface area contributed by atoms with E-state index in [1.165, 1.54) is 23.7 Å². The summed E-state index contributed by atoms with van der Waals surface area (Å²) < 4.78 is 4.86. The molecule has 4 heteroatoms. The van der Waals surface area contributed by atoms with Gasteiger partial charge in [0.15, 0.2) is 0 Å². The summed E-state index contributed by atoms with van der Waals surface area (Å²) in [7, 11) is 0. The smallest absolute Gasteiger partial charge is 0.254 e. The summed E-state index contributed by atoms with van der Waals surface area (Å²) in [6.07, 6.45) is 2.95. The molecular formula is C15H17NO2S. The Kier molecular flexibility index (Phi) is 5.10. The lowest BCUT2D eigenvalue weighted by molar-refractivity contribution is 0.0955. The van der Waals surface area contributed by atoms with Gasteiger partial charge in [0.2, 0.25) is 0 Å². The second-order valence-corrected chi connectivity index (χ2v) is 5.41. The fraction of sp³-hybridized carbons (Fsp3) is 0.267. The fourth-order valence-corrected chi connectivity index (χ4v) is 2.43. The van der Waals surface area contributed by atoms with Crippen LogP contribution in [0.4, 0.5) is 0 Å². The van der Waals surface area contributed by atoms with Crippen LogP contribution in [-0.4, -0.2) is 18.2 Å². The lowest BCUT2D eigenvalue weighted by atomic mass is 10.2. The average molecular weight is 275 g/mol. The third-order valence-electron chi connectivity index (χ3n) is 2.70. The van der Waals surface area contributed by atoms with Crippen LogP contribution in [-0.2, 0) is 5.75 Å². The van der Waals surface area contributed by atoms with Gasteiger partial charge < -0.3 is 9.73 Å². The molecule has 0 atom stereocenters. The largest absolute Gasteiger partial charge is 0.472 e. The van der Waals surface area contributed by atoms with E-state index in [4.69, 9.17) is 4.42 Å². The number of thioether (sulfide) groups is 1. The van der Waals surface area contributed by atoms with E-state index in [0.29, 0.717) is 12.1 Å². The van der Waals surface area contributed by atoms with Crippen molar-refractivity contribution in [3.63, 3.8) is 0 Å². The number of hydrogen-bond acceptors (Lipinski definition) is 3. The minimum absolute atomic E-state index is 0.0790. The molecule has 0 saturated heterocycles. The van der Waals surface area contributed by atoms with Gasteiger partial charge in [0.25, 0.3) is 5.91 Å². The van der Waals surface area contributed by atoms with Crippen LogP contribution in [0.25, 0.3) is 0 Å². The number of hydrogen-bond donors (Lipinski definition) is 1. The van der Waals surface area contributed by atoms with Gasteiger partial charge >= 0.3 is 0 Å². The van der Waals surface area contributed by atoms with E-state index in [-0.39, 0.29) is 5.91 Å². The SMILES string of the molecule is Cc1ccc(CSCCNC(=O)c2ccoc2)cc1. The summed E-state index contributed by atoms with van der Waals surface area (Å²) in [5.74, 6) is 1.80. The van der Waals surface area contributed by atoms with Crippen LogP contribution in [0.15, 0.2) is 47.3 Å². The molecule has 2 rings (SSSR count). The minimum Gasteiger partial charge on any atom is -0.472 e. The molecule has 1 aromatic carbocycles. The Bertz CT molecular complexity index is 505. The highest BCUT2D eigenvalue weighted by atomic mass is 32.2. The molecular weight excluding hydrogens is 258 g/mol. The molecule has 0 bridgehead atoms. The van der Waals surface area contributed by atoms with Gasteiger partial charge in [-0.15, -0.1) is 0 Å². The van der Waals surface area contributed by atoms with Crippen LogP contribution in [0.2, 0.25) is 0 Å². The molecule has 0 aliphatic carbocycles. The van der Waals surface area contributed by atoms with Gasteiger partial charge in [-0.1, -0.05) is 29.8 Å². The highest BCUT2D eigenvalue weighted by Crippen LogP contribution is 2.12. The maximum atomic E-state index is 11.6. The second kappa shape index (κ2) is 7.04. The van der Waals surface area contributed by atoms with Gasteiger partial charge in [0.05, 0.1) is 11.8 Å². The Labute approximate surface area is 117 Å². The van der Waals surface area contributed by atoms with Crippen LogP contribution in [0.3, 0.4) is 0 Å². The third-order valence-corrected chi connectivity index (χ3v) is 3.73. The van der Waals surface area contributed by atoms with E-state index in [1.807, 2.05) is 11.8 Å². The van der Waals surface area contributed by atoms with Gasteiger partial charge in [-0.05, 0) is 18.6 Å². The number of amides is 1. The van der Waals surface area contributed by atoms with Gasteiger partial charge in [-0.2, -0.15) is 11.8 Å². The van der Waals surface area contributed by atoms with E-state index in [2.05, 4.69) is 36.5 Å². The zero-order valence-electron chi connectivity index (χ0n) is 10.9. The normalized spacial score (nSPS) is 10.4. The lowest BCUT2D eigenvalue weighted by Crippen LogP contribution is -2.25. The van der Waals surface area contributed by atoms with Crippen molar-refractivity contribution in [2.75, 3.05) is 12.3 Å². The minimum atomic E-state index is -0.0790. The third kappa shape index (κ3) is 4.48. The van der Waals surface area contributed by atoms with Crippen molar-refractivity contribution in [3.8, 4) is 0 Å². The molecule has 0 fully saturated rings. The number of furan rings is 1. The molecule has 1 N–H and O–H groups in total. The van der Waals surface area contributed by atoms with Crippen molar-refractivity contribution in [1.82, 2.24) is 5.32 Å². The first-order valence-electron chi connectivity index (χ1n) is 6.19. The Morgan fingerprint density at radius 3 is 2.74 bits per heavy atom. The maximum absolute atomic E-state index is 11.6. The van der Waals surface area contributed by atoms with Gasteiger partial charge in [-0.3, -0.25) is 4.79 Å². The van der Waals surface area contributed by atoms with Gasteiger partial charge in [0.1, 0.15) is 6.26 Å². The zero-order chi connectivity index (χ0) is 13.5. The lowest BCUT2D eigenvalue weighted by Gasteiger charge is -2.04. The Hall–Kier alpha value is -1.68. The molecule has 0 aliphatic heterocycles. The number of nitrogens with one attached hydrogen (secondary N) is 1. The topological polar surface area (TPSA) is 42.2 Å². The van der Waals surface area contributed by atoms with E-state index >= 15 is 0 Å². The fourth-order valence-electron chi connectivity index (χ4n) is 1.61. The van der Waals surface area contributed by atoms with E-state index < -0.39 is 0 Å². The van der Waals surface area contributed by atoms with Crippen LogP contribution in [0.5, 0.6) is 0 Å². The number of aryl methyl sites for hydroxylation is 1. The van der Waals surface area contributed by atoms with Crippen LogP contribution in [0.1, 0.15) is 21.5 Å². The maximum Gasteiger partial charge on any atom is 0.254 e. The molecule has 0 unspecified atom stereocenters. The van der Waals surface area contributed by atoms with Gasteiger partial charge in [0, 0.05) is 18.1 Å². The Balaban J connectivity index is 1.62. The second-order valence-electron chi connectivity index (χ2n) is 4.31. The first kappa shape index (κ1) is 13.7. The first-order valence-corrected chi connectivity index (χ1v) is 7.35. The average Bonchev–Trinajstić information content (AvgIpc) is 2.94. The molecule has 1 aromatic heterocycles. The van der Waals surface area contributed by atoms with Crippen molar-refractivity contribution in [2.24, 2.45) is 0 Å². The van der Waals surface area contributed by atoms with E-state index in [1.54, 1.807) is 6.07 Å². The zero-order valence-corrected chi connectivity index (χ0v) is 11.7. The molecule has 3 nitrogen and oxygen atoms in total. The highest BCUT2D eigenvalue weighted by Gasteiger charge is 2.04. The Morgan fingerprint density at radius 1 is 1.26 bits per heavy atom. The number of carbonyl (C=O) groups excluding carboxylic acids is 1. The molecule has 0 radical (unpaired) electrons. The summed E-state index contributed by atoms with van der Waals surface area (Å²) in [5, 5.41) is 2.86. The van der Waals surface area contributed by atoms with Crippen molar-refractivity contribution in [3.05, 3.63) is 59.5 Å². The molecule has 2 aromatic rings. The number of rotatable bonds is 6. The van der Waals surface area contributed by atoms with Crippen molar-refractivity contribution >= 4 is 17.7 Å². The predicted molar refractivity (Wildman–Crippen MR) is 78.4 cm³/mol. The quantitative estimate of drug-likeness (QED) is 0.823. The van der Waals surface area contributed by atoms with Crippen molar-refractivity contribution < 1.29 is 9.21 Å². The summed E-state index contributed by atoms with van der Waals surface area (Å²) in [6, 6.07) is 10.2. The standard InChI is InChI=1S/C15H17NO2S/c1-12-2-4-13(5-3-12)11-19-9-7-16-15(17)14-6-8-18-10-14/h2-6,8,10H,7,9,11H2,1H3,(H,16,17). The summed E-state index contributed by atoms with van der Waals surface area (Å²) in [5.41, 5.74) is 3.17. The summed E-state index contributed by atoms with van der Waals surface area (Å²) in [4.78, 5) is 11.6. The summed E-state index contributed by atoms with van der Waals surface area (Å²) >= 11 is 1.81. The highest BCUT2D eigenvalue weighted by molar-refractivity contribution is 7.98. The monoisotopic (exact) mass is 275 g/mol. The van der Waals surface area contributed by atoms with Crippen LogP contribution >= 0.6 is 11.8 Å². The number of benzene rings is 1. The van der Waals surface area contributed by atoms with Gasteiger partial charge in [-0.25, -0.2) is 0 Å². The molecule has 1 heterocycles. The molecule has 19 heavy (non-hydrogen) atoms. The molecule has 1 amide bonds. The Morgan fingerprint density at radius 2 is 2.05 bits per heavy atom. The van der Waals surface area contributed by atoms with Crippen molar-refractivity contribution in [1.29, 1.82) is 0 Å². The van der Waals surface area contributed by atoms with E-state index in [0.717, 1.165) is 11.5 Å². The molecule has 0 aliphatic rings. The number of carbonyl (C=O) groups is 1. The molecule has 0 saturated carbocycles. The van der Waals surface area contributed by atoms with E-state index in [9.17, 15) is 4.79 Å². The predicted octanol–water partition coefficient (Wildman–Crippen LogP) is 3.25. The van der Waals surface area contributed by atoms with Crippen molar-refractivity contribution in [2.45, 2.75) is 12.7 Å². The van der Waals surface area contributed by atoms with Crippen LogP contribution in [0, 0.1) is 6.92 Å². The first-order chi connectivity index (χ1) is 9.25. The summed E-state index contributed by atoms with van der Waals surface area (Å²) in [6.45, 7) is 2.75. The molecule has 0 spiro atoms. The van der Waals surface area contributed by atoms with Crippen LogP contribution < -0.4 is 5.32 Å². The molecule has 100 valence electrons.